The van der Waals surface area contributed by atoms with Crippen molar-refractivity contribution in [3.8, 4) is 5.75 Å². The van der Waals surface area contributed by atoms with Crippen molar-refractivity contribution in [3.63, 3.8) is 0 Å². The van der Waals surface area contributed by atoms with Crippen LogP contribution in [-0.4, -0.2) is 81.9 Å². The van der Waals surface area contributed by atoms with Gasteiger partial charge in [-0.15, -0.1) is 11.6 Å². The van der Waals surface area contributed by atoms with Gasteiger partial charge in [-0.05, 0) is 72.9 Å². The van der Waals surface area contributed by atoms with E-state index >= 15 is 0 Å². The number of hydrogen-bond donors (Lipinski definition) is 2. The maximum atomic E-state index is 13.7. The Kier molecular flexibility index (Phi) is 11.0. The number of aliphatic carboxylic acids is 1. The van der Waals surface area contributed by atoms with Crippen LogP contribution in [0.1, 0.15) is 52.9 Å². The number of piperidine rings is 1. The molecule has 2 fully saturated rings. The highest BCUT2D eigenvalue weighted by Crippen LogP contribution is 2.34. The van der Waals surface area contributed by atoms with Gasteiger partial charge in [-0.25, -0.2) is 4.39 Å². The SMILES string of the molecule is CC1CN(Cc2cccc(F)c2)CCN1C(c1ccc(C(=O)N2CCC(C(=O)O)CC2)cc1)c1cccc(O)c1.CCl. The summed E-state index contributed by atoms with van der Waals surface area (Å²) in [5.74, 6) is -1.27. The van der Waals surface area contributed by atoms with E-state index in [0.717, 1.165) is 36.3 Å². The highest BCUT2D eigenvalue weighted by atomic mass is 35.5. The Morgan fingerprint density at radius 3 is 2.24 bits per heavy atom. The molecule has 0 saturated carbocycles. The Balaban J connectivity index is 0.00000198. The second-order valence-electron chi connectivity index (χ2n) is 11.0. The number of carboxylic acids is 1. The summed E-state index contributed by atoms with van der Waals surface area (Å²) in [6.07, 6.45) is 2.42. The molecule has 0 spiro atoms. The van der Waals surface area contributed by atoms with Crippen LogP contribution in [0.3, 0.4) is 0 Å². The van der Waals surface area contributed by atoms with Gasteiger partial charge in [0.25, 0.3) is 5.91 Å². The van der Waals surface area contributed by atoms with Crippen LogP contribution in [0.2, 0.25) is 0 Å². The smallest absolute Gasteiger partial charge is 0.306 e. The minimum atomic E-state index is -0.793. The number of alkyl halides is 1. The molecule has 2 aliphatic rings. The summed E-state index contributed by atoms with van der Waals surface area (Å²) in [6, 6.07) is 21.8. The number of amides is 1. The largest absolute Gasteiger partial charge is 0.508 e. The van der Waals surface area contributed by atoms with Crippen LogP contribution in [0, 0.1) is 11.7 Å². The molecule has 9 heteroatoms. The van der Waals surface area contributed by atoms with E-state index in [-0.39, 0.29) is 35.5 Å². The van der Waals surface area contributed by atoms with Gasteiger partial charge in [0.1, 0.15) is 11.6 Å². The molecule has 7 nitrogen and oxygen atoms in total. The first-order valence-electron chi connectivity index (χ1n) is 14.3. The van der Waals surface area contributed by atoms with E-state index in [1.807, 2.05) is 42.5 Å². The first-order chi connectivity index (χ1) is 20.3. The molecule has 2 aliphatic heterocycles. The zero-order valence-corrected chi connectivity index (χ0v) is 24.9. The zero-order valence-electron chi connectivity index (χ0n) is 24.1. The summed E-state index contributed by atoms with van der Waals surface area (Å²) in [6.45, 7) is 6.19. The second kappa shape index (κ2) is 14.6. The van der Waals surface area contributed by atoms with Crippen molar-refractivity contribution in [2.24, 2.45) is 5.92 Å². The summed E-state index contributed by atoms with van der Waals surface area (Å²) >= 11 is 4.64. The normalized spacial score (nSPS) is 19.0. The zero-order chi connectivity index (χ0) is 30.2. The summed E-state index contributed by atoms with van der Waals surface area (Å²) in [4.78, 5) is 30.9. The van der Waals surface area contributed by atoms with Gasteiger partial charge in [-0.3, -0.25) is 19.4 Å². The van der Waals surface area contributed by atoms with Crippen molar-refractivity contribution in [2.45, 2.75) is 38.4 Å². The third-order valence-electron chi connectivity index (χ3n) is 8.18. The van der Waals surface area contributed by atoms with Crippen molar-refractivity contribution >= 4 is 23.5 Å². The first kappa shape index (κ1) is 31.5. The van der Waals surface area contributed by atoms with E-state index in [1.165, 1.54) is 12.4 Å². The van der Waals surface area contributed by atoms with E-state index in [0.29, 0.717) is 38.0 Å². The van der Waals surface area contributed by atoms with E-state index in [4.69, 9.17) is 0 Å². The van der Waals surface area contributed by atoms with Gasteiger partial charge in [0, 0.05) is 57.3 Å². The second-order valence-corrected chi connectivity index (χ2v) is 11.0. The standard InChI is InChI=1S/C32H36FN3O4.CH3Cl/c1-22-20-34(21-23-4-2-6-28(33)18-23)16-17-36(22)30(27-5-3-7-29(37)19-27)24-8-10-25(11-9-24)31(38)35-14-12-26(13-15-35)32(39)40;1-2/h2-11,18-19,22,26,30,37H,12-17,20-21H2,1H3,(H,39,40);1H3. The molecule has 5 rings (SSSR count). The van der Waals surface area contributed by atoms with Gasteiger partial charge in [-0.1, -0.05) is 36.4 Å². The number of phenolic OH excluding ortho intramolecular Hbond substituents is 1. The molecule has 2 saturated heterocycles. The average molecular weight is 596 g/mol. The Labute approximate surface area is 252 Å². The third-order valence-corrected chi connectivity index (χ3v) is 8.18. The number of piperazine rings is 1. The molecular formula is C33H39ClFN3O4. The summed E-state index contributed by atoms with van der Waals surface area (Å²) in [7, 11) is 0. The maximum Gasteiger partial charge on any atom is 0.306 e. The predicted octanol–water partition coefficient (Wildman–Crippen LogP) is 5.62. The molecule has 0 aliphatic carbocycles. The Bertz CT molecular complexity index is 1350. The average Bonchev–Trinajstić information content (AvgIpc) is 2.99. The minimum absolute atomic E-state index is 0.0800. The quantitative estimate of drug-likeness (QED) is 0.345. The van der Waals surface area contributed by atoms with Crippen LogP contribution >= 0.6 is 11.6 Å². The summed E-state index contributed by atoms with van der Waals surface area (Å²) < 4.78 is 13.7. The lowest BCUT2D eigenvalue weighted by Crippen LogP contribution is -2.52. The fourth-order valence-corrected chi connectivity index (χ4v) is 6.06. The number of rotatable bonds is 7. The van der Waals surface area contributed by atoms with Gasteiger partial charge >= 0.3 is 5.97 Å². The number of aromatic hydroxyl groups is 1. The number of halogens is 2. The van der Waals surface area contributed by atoms with Gasteiger partial charge in [0.2, 0.25) is 0 Å². The van der Waals surface area contributed by atoms with Gasteiger partial charge in [0.05, 0.1) is 12.0 Å². The molecule has 3 aromatic rings. The molecule has 2 atom stereocenters. The molecule has 2 N–H and O–H groups in total. The number of hydrogen-bond acceptors (Lipinski definition) is 5. The molecule has 2 unspecified atom stereocenters. The molecule has 1 amide bonds. The number of benzene rings is 3. The monoisotopic (exact) mass is 595 g/mol. The molecule has 224 valence electrons. The topological polar surface area (TPSA) is 84.3 Å². The van der Waals surface area contributed by atoms with Crippen molar-refractivity contribution in [3.05, 3.63) is 101 Å². The van der Waals surface area contributed by atoms with Crippen LogP contribution < -0.4 is 0 Å². The third kappa shape index (κ3) is 7.68. The van der Waals surface area contributed by atoms with Crippen LogP contribution in [-0.2, 0) is 11.3 Å². The minimum Gasteiger partial charge on any atom is -0.508 e. The summed E-state index contributed by atoms with van der Waals surface area (Å²) in [5, 5.41) is 19.5. The Hall–Kier alpha value is -3.46. The van der Waals surface area contributed by atoms with Gasteiger partial charge in [-0.2, -0.15) is 0 Å². The molecule has 0 radical (unpaired) electrons. The lowest BCUT2D eigenvalue weighted by Gasteiger charge is -2.44. The first-order valence-corrected chi connectivity index (χ1v) is 15.1. The van der Waals surface area contributed by atoms with Crippen LogP contribution in [0.4, 0.5) is 4.39 Å². The van der Waals surface area contributed by atoms with Crippen LogP contribution in [0.5, 0.6) is 5.75 Å². The molecule has 42 heavy (non-hydrogen) atoms. The highest BCUT2D eigenvalue weighted by Gasteiger charge is 2.32. The number of carboxylic acid groups (broad SMARTS) is 1. The highest BCUT2D eigenvalue weighted by molar-refractivity contribution is 6.15. The van der Waals surface area contributed by atoms with Gasteiger partial charge in [0.15, 0.2) is 0 Å². The number of likely N-dealkylation sites (tertiary alicyclic amines) is 1. The van der Waals surface area contributed by atoms with Crippen molar-refractivity contribution in [2.75, 3.05) is 39.1 Å². The Morgan fingerprint density at radius 2 is 1.62 bits per heavy atom. The molecular weight excluding hydrogens is 557 g/mol. The lowest BCUT2D eigenvalue weighted by molar-refractivity contribution is -0.143. The number of nitrogens with zero attached hydrogens (tertiary/aromatic N) is 3. The van der Waals surface area contributed by atoms with Crippen LogP contribution in [0.15, 0.2) is 72.8 Å². The lowest BCUT2D eigenvalue weighted by atomic mass is 9.93. The van der Waals surface area contributed by atoms with Crippen molar-refractivity contribution in [1.82, 2.24) is 14.7 Å². The van der Waals surface area contributed by atoms with Crippen molar-refractivity contribution in [1.29, 1.82) is 0 Å². The predicted molar refractivity (Wildman–Crippen MR) is 162 cm³/mol. The Morgan fingerprint density at radius 1 is 0.929 bits per heavy atom. The molecule has 2 heterocycles. The van der Waals surface area contributed by atoms with E-state index in [1.54, 1.807) is 29.2 Å². The van der Waals surface area contributed by atoms with Gasteiger partial charge < -0.3 is 15.1 Å². The maximum absolute atomic E-state index is 13.7. The summed E-state index contributed by atoms with van der Waals surface area (Å²) in [5.41, 5.74) is 3.54. The van der Waals surface area contributed by atoms with Crippen LogP contribution in [0.25, 0.3) is 0 Å². The molecule has 0 bridgehead atoms. The van der Waals surface area contributed by atoms with E-state index in [2.05, 4.69) is 28.3 Å². The fraction of sp³-hybridized carbons (Fsp3) is 0.394. The molecule has 0 aromatic heterocycles. The number of phenols is 1. The van der Waals surface area contributed by atoms with Crippen molar-refractivity contribution < 1.29 is 24.2 Å². The fourth-order valence-electron chi connectivity index (χ4n) is 6.06. The number of carbonyl (C=O) groups excluding carboxylic acids is 1. The van der Waals surface area contributed by atoms with E-state index < -0.39 is 5.97 Å². The number of carbonyl (C=O) groups is 2. The molecule has 3 aromatic carbocycles. The van der Waals surface area contributed by atoms with E-state index in [9.17, 15) is 24.2 Å².